The number of aromatic nitrogens is 3. The van der Waals surface area contributed by atoms with Crippen LogP contribution in [0.15, 0.2) is 54.6 Å². The van der Waals surface area contributed by atoms with Gasteiger partial charge in [0.05, 0.1) is 50.2 Å². The maximum atomic E-state index is 17.7. The summed E-state index contributed by atoms with van der Waals surface area (Å²) >= 11 is 0. The zero-order chi connectivity index (χ0) is 48.1. The van der Waals surface area contributed by atoms with E-state index in [1.165, 1.54) is 14.2 Å². The van der Waals surface area contributed by atoms with Gasteiger partial charge in [0.15, 0.2) is 12.4 Å². The molecule has 5 heterocycles. The SMILES string of the molecule is CCOC(=O)COc1nc2c3c(nc(-c4cc(N(Cc5ccc(OC)cc5)Cc5ccc(OC)cc5)c(F)c(C)c4C(F)(F)F)c(F)c3n1)O[C@@H](C)[C@@H]1[C@@H]3CC[C@H](CN21)N3C(=O)OC(C)(C)C. The van der Waals surface area contributed by atoms with Crippen molar-refractivity contribution in [2.75, 3.05) is 43.8 Å². The minimum atomic E-state index is -5.21. The highest BCUT2D eigenvalue weighted by Crippen LogP contribution is 2.49. The minimum absolute atomic E-state index is 0.00808. The van der Waals surface area contributed by atoms with Crippen LogP contribution >= 0.6 is 0 Å². The van der Waals surface area contributed by atoms with Gasteiger partial charge in [-0.2, -0.15) is 23.1 Å². The third-order valence-corrected chi connectivity index (χ3v) is 12.1. The Kier molecular flexibility index (Phi) is 12.7. The van der Waals surface area contributed by atoms with Gasteiger partial charge >= 0.3 is 24.2 Å². The lowest BCUT2D eigenvalue weighted by Gasteiger charge is -2.48. The third-order valence-electron chi connectivity index (χ3n) is 12.1. The molecule has 3 aromatic carbocycles. The number of fused-ring (bicyclic) bond motifs is 5. The van der Waals surface area contributed by atoms with Gasteiger partial charge in [0.2, 0.25) is 5.88 Å². The van der Waals surface area contributed by atoms with E-state index in [9.17, 15) is 9.59 Å². The summed E-state index contributed by atoms with van der Waals surface area (Å²) in [7, 11) is 3.01. The van der Waals surface area contributed by atoms with Crippen LogP contribution in [-0.4, -0.2) is 95.7 Å². The number of rotatable bonds is 12. The fraction of sp³-hybridized carbons (Fsp3) is 0.438. The Labute approximate surface area is 383 Å². The Hall–Kier alpha value is -6.66. The van der Waals surface area contributed by atoms with Crippen LogP contribution in [0.1, 0.15) is 69.7 Å². The molecule has 5 aromatic rings. The predicted molar refractivity (Wildman–Crippen MR) is 237 cm³/mol. The topological polar surface area (TPSA) is 138 Å². The van der Waals surface area contributed by atoms with Crippen molar-refractivity contribution in [3.05, 3.63) is 88.5 Å². The first-order valence-corrected chi connectivity index (χ1v) is 21.9. The van der Waals surface area contributed by atoms with Gasteiger partial charge in [-0.05, 0) is 101 Å². The molecule has 356 valence electrons. The number of hydrogen-bond acceptors (Lipinski definition) is 13. The molecular weight excluding hydrogens is 884 g/mol. The van der Waals surface area contributed by atoms with E-state index in [-0.39, 0.29) is 55.1 Å². The average Bonchev–Trinajstić information content (AvgIpc) is 3.53. The summed E-state index contributed by atoms with van der Waals surface area (Å²) in [4.78, 5) is 44.8. The summed E-state index contributed by atoms with van der Waals surface area (Å²) < 4.78 is 115. The van der Waals surface area contributed by atoms with Crippen molar-refractivity contribution in [3.8, 4) is 34.6 Å². The van der Waals surface area contributed by atoms with Gasteiger partial charge in [-0.1, -0.05) is 24.3 Å². The molecule has 2 saturated heterocycles. The van der Waals surface area contributed by atoms with E-state index in [1.807, 2.05) is 4.90 Å². The number of carbonyl (C=O) groups is 2. The van der Waals surface area contributed by atoms with Gasteiger partial charge in [0, 0.05) is 25.2 Å². The first-order valence-electron chi connectivity index (χ1n) is 21.9. The molecule has 1 amide bonds. The number of amides is 1. The first-order chi connectivity index (χ1) is 31.8. The molecule has 0 spiro atoms. The number of pyridine rings is 1. The number of methoxy groups -OCH3 is 2. The minimum Gasteiger partial charge on any atom is -0.497 e. The van der Waals surface area contributed by atoms with E-state index in [4.69, 9.17) is 28.4 Å². The summed E-state index contributed by atoms with van der Waals surface area (Å²) in [6, 6.07) is 12.8. The van der Waals surface area contributed by atoms with Crippen molar-refractivity contribution in [2.45, 2.75) is 103 Å². The molecule has 0 saturated carbocycles. The van der Waals surface area contributed by atoms with Crippen LogP contribution in [0, 0.1) is 18.6 Å². The molecule has 2 fully saturated rings. The first kappa shape index (κ1) is 46.9. The van der Waals surface area contributed by atoms with Crippen molar-refractivity contribution in [1.29, 1.82) is 0 Å². The summed E-state index contributed by atoms with van der Waals surface area (Å²) in [6.07, 6.45) is -5.43. The maximum absolute atomic E-state index is 17.7. The van der Waals surface area contributed by atoms with Gasteiger partial charge < -0.3 is 38.2 Å². The Morgan fingerprint density at radius 2 is 1.52 bits per heavy atom. The molecule has 2 bridgehead atoms. The molecular formula is C48H51F5N6O8. The third kappa shape index (κ3) is 9.24. The van der Waals surface area contributed by atoms with Gasteiger partial charge in [-0.15, -0.1) is 0 Å². The number of benzene rings is 3. The summed E-state index contributed by atoms with van der Waals surface area (Å²) in [5, 5.41) is -0.0718. The number of ether oxygens (including phenoxy) is 6. The van der Waals surface area contributed by atoms with Crippen molar-refractivity contribution in [2.24, 2.45) is 0 Å². The number of nitrogens with zero attached hydrogens (tertiary/aromatic N) is 6. The van der Waals surface area contributed by atoms with Crippen LogP contribution in [0.5, 0.6) is 23.4 Å². The van der Waals surface area contributed by atoms with Crippen LogP contribution in [0.2, 0.25) is 0 Å². The number of alkyl halides is 3. The van der Waals surface area contributed by atoms with Crippen LogP contribution < -0.4 is 28.7 Å². The van der Waals surface area contributed by atoms with E-state index in [0.29, 0.717) is 35.5 Å². The number of piperazine rings is 1. The lowest BCUT2D eigenvalue weighted by Crippen LogP contribution is -2.65. The van der Waals surface area contributed by atoms with Crippen molar-refractivity contribution in [3.63, 3.8) is 0 Å². The molecule has 4 atom stereocenters. The molecule has 0 unspecified atom stereocenters. The Morgan fingerprint density at radius 1 is 0.896 bits per heavy atom. The zero-order valence-corrected chi connectivity index (χ0v) is 38.3. The van der Waals surface area contributed by atoms with Gasteiger partial charge in [-0.3, -0.25) is 4.90 Å². The lowest BCUT2D eigenvalue weighted by molar-refractivity contribution is -0.145. The number of hydrogen-bond donors (Lipinski definition) is 0. The molecule has 14 nitrogen and oxygen atoms in total. The fourth-order valence-electron chi connectivity index (χ4n) is 9.27. The second-order valence-corrected chi connectivity index (χ2v) is 17.7. The molecule has 0 radical (unpaired) electrons. The fourth-order valence-corrected chi connectivity index (χ4v) is 9.27. The largest absolute Gasteiger partial charge is 0.497 e. The van der Waals surface area contributed by atoms with E-state index >= 15 is 22.0 Å². The maximum Gasteiger partial charge on any atom is 0.417 e. The smallest absolute Gasteiger partial charge is 0.417 e. The van der Waals surface area contributed by atoms with Crippen molar-refractivity contribution < 1.29 is 60.0 Å². The van der Waals surface area contributed by atoms with E-state index < -0.39 is 94.2 Å². The van der Waals surface area contributed by atoms with Gasteiger partial charge in [-0.25, -0.2) is 23.4 Å². The molecule has 0 N–H and O–H groups in total. The average molecular weight is 935 g/mol. The second kappa shape index (κ2) is 18.2. The van der Waals surface area contributed by atoms with Crippen LogP contribution in [0.4, 0.5) is 38.3 Å². The Balaban J connectivity index is 1.32. The summed E-state index contributed by atoms with van der Waals surface area (Å²) in [6.45, 7) is 9.16. The molecule has 67 heavy (non-hydrogen) atoms. The zero-order valence-electron chi connectivity index (χ0n) is 38.3. The molecule has 8 rings (SSSR count). The molecule has 3 aliphatic rings. The molecule has 2 aromatic heterocycles. The monoisotopic (exact) mass is 934 g/mol. The van der Waals surface area contributed by atoms with Crippen molar-refractivity contribution in [1.82, 2.24) is 19.9 Å². The number of anilines is 2. The van der Waals surface area contributed by atoms with Crippen LogP contribution in [0.25, 0.3) is 22.2 Å². The lowest BCUT2D eigenvalue weighted by atomic mass is 9.95. The number of esters is 1. The predicted octanol–water partition coefficient (Wildman–Crippen LogP) is 9.20. The highest BCUT2D eigenvalue weighted by atomic mass is 19.4. The highest BCUT2D eigenvalue weighted by molar-refractivity contribution is 5.98. The van der Waals surface area contributed by atoms with Crippen LogP contribution in [-0.2, 0) is 33.5 Å². The van der Waals surface area contributed by atoms with Gasteiger partial charge in [0.25, 0.3) is 0 Å². The van der Waals surface area contributed by atoms with Crippen molar-refractivity contribution >= 4 is 34.5 Å². The summed E-state index contributed by atoms with van der Waals surface area (Å²) in [5.41, 5.74) is -4.14. The Morgan fingerprint density at radius 3 is 2.09 bits per heavy atom. The molecule has 19 heteroatoms. The normalized spacial score (nSPS) is 18.8. The van der Waals surface area contributed by atoms with Gasteiger partial charge in [0.1, 0.15) is 51.4 Å². The summed E-state index contributed by atoms with van der Waals surface area (Å²) in [5.74, 6) is -2.37. The van der Waals surface area contributed by atoms with E-state index in [0.717, 1.165) is 13.0 Å². The van der Waals surface area contributed by atoms with Crippen LogP contribution in [0.3, 0.4) is 0 Å². The number of carbonyl (C=O) groups excluding carboxylic acids is 2. The quantitative estimate of drug-likeness (QED) is 0.0869. The Bertz CT molecular complexity index is 2630. The van der Waals surface area contributed by atoms with E-state index in [1.54, 1.807) is 92.9 Å². The standard InChI is InChI=1S/C48H51F5N6O8/c1-9-64-35(60)24-65-45-55-41-36-43(56-45)58-23-29-14-19-33(59(29)46(61)67-47(4,5)6)42(58)26(3)66-44(36)54-40(39(41)50)32-20-34(38(49)25(2)37(32)48(51,52)53)57(21-27-10-15-30(62-7)16-11-27)22-28-12-17-31(63-8)18-13-28/h10-13,15-18,20,26,29,33,42H,9,14,19,21-24H2,1-8H3/t26-,29+,33-,42+/m0/s1. The highest BCUT2D eigenvalue weighted by Gasteiger charge is 2.54. The second-order valence-electron chi connectivity index (χ2n) is 17.7. The number of halogens is 5. The van der Waals surface area contributed by atoms with E-state index in [2.05, 4.69) is 15.0 Å². The molecule has 0 aliphatic carbocycles. The molecule has 3 aliphatic heterocycles.